The molecule has 0 radical (unpaired) electrons. The average molecular weight is 75.1 g/mol. The predicted molar refractivity (Wildman–Crippen MR) is 16.6 cm³/mol. The summed E-state index contributed by atoms with van der Waals surface area (Å²) in [6.45, 7) is -0.125. The van der Waals surface area contributed by atoms with E-state index in [9.17, 15) is 5.11 Å². The van der Waals surface area contributed by atoms with Crippen LogP contribution in [0.15, 0.2) is 0 Å². The standard InChI is InChI=1S/C3H7O2/c4-2-1-3-5/h4H,1-3H2/q-1. The number of rotatable bonds is 2. The van der Waals surface area contributed by atoms with Gasteiger partial charge in [0.15, 0.2) is 0 Å². The van der Waals surface area contributed by atoms with Crippen molar-refractivity contribution in [1.29, 1.82) is 0 Å². The van der Waals surface area contributed by atoms with E-state index in [1.165, 1.54) is 0 Å². The van der Waals surface area contributed by atoms with Crippen molar-refractivity contribution in [3.8, 4) is 0 Å². The van der Waals surface area contributed by atoms with Crippen LogP contribution in [0.3, 0.4) is 0 Å². The third-order valence-corrected chi connectivity index (χ3v) is 0.302. The predicted octanol–water partition coefficient (Wildman–Crippen LogP) is -1.27. The van der Waals surface area contributed by atoms with Crippen LogP contribution in [0, 0.1) is 0 Å². The Balaban J connectivity index is 2.19. The molecule has 0 amide bonds. The molecule has 0 fully saturated rings. The van der Waals surface area contributed by atoms with Crippen LogP contribution in [-0.4, -0.2) is 18.3 Å². The molecule has 5 heavy (non-hydrogen) atoms. The highest BCUT2D eigenvalue weighted by atomic mass is 16.3. The molecule has 0 atom stereocenters. The lowest BCUT2D eigenvalue weighted by Gasteiger charge is -1.94. The second-order valence-corrected chi connectivity index (χ2v) is 0.781. The van der Waals surface area contributed by atoms with Crippen molar-refractivity contribution in [1.82, 2.24) is 0 Å². The molecule has 0 saturated heterocycles. The van der Waals surface area contributed by atoms with Crippen LogP contribution < -0.4 is 5.11 Å². The number of hydrogen-bond donors (Lipinski definition) is 1. The van der Waals surface area contributed by atoms with Crippen LogP contribution in [0.4, 0.5) is 0 Å². The monoisotopic (exact) mass is 75.0 g/mol. The van der Waals surface area contributed by atoms with Crippen molar-refractivity contribution in [2.24, 2.45) is 0 Å². The van der Waals surface area contributed by atoms with Gasteiger partial charge in [-0.3, -0.25) is 0 Å². The van der Waals surface area contributed by atoms with Crippen LogP contribution in [-0.2, 0) is 0 Å². The topological polar surface area (TPSA) is 43.3 Å². The summed E-state index contributed by atoms with van der Waals surface area (Å²) in [5, 5.41) is 17.2. The minimum absolute atomic E-state index is 0.0312. The van der Waals surface area contributed by atoms with Crippen molar-refractivity contribution in [2.45, 2.75) is 6.42 Å². The molecular formula is C3H7O2-. The number of hydrogen-bond acceptors (Lipinski definition) is 2. The highest BCUT2D eigenvalue weighted by Crippen LogP contribution is 1.61. The Kier molecular flexibility index (Phi) is 3.86. The first kappa shape index (κ1) is 4.92. The maximum absolute atomic E-state index is 9.37. The molecular weight excluding hydrogens is 68.0 g/mol. The van der Waals surface area contributed by atoms with Gasteiger partial charge in [-0.1, -0.05) is 0 Å². The summed E-state index contributed by atoms with van der Waals surface area (Å²) in [4.78, 5) is 0. The third-order valence-electron chi connectivity index (χ3n) is 0.302. The van der Waals surface area contributed by atoms with Gasteiger partial charge in [-0.2, -0.15) is 0 Å². The van der Waals surface area contributed by atoms with E-state index in [1.54, 1.807) is 0 Å². The van der Waals surface area contributed by atoms with Gasteiger partial charge in [0.2, 0.25) is 0 Å². The molecule has 0 heterocycles. The SMILES string of the molecule is [O-]CCCO. The fraction of sp³-hybridized carbons (Fsp3) is 1.00. The molecule has 0 aliphatic heterocycles. The zero-order chi connectivity index (χ0) is 4.12. The van der Waals surface area contributed by atoms with Gasteiger partial charge in [-0.25, -0.2) is 0 Å². The Morgan fingerprint density at radius 1 is 1.60 bits per heavy atom. The second kappa shape index (κ2) is 3.92. The van der Waals surface area contributed by atoms with E-state index in [0.717, 1.165) is 0 Å². The highest BCUT2D eigenvalue weighted by Gasteiger charge is 1.62. The molecule has 0 rings (SSSR count). The van der Waals surface area contributed by atoms with Gasteiger partial charge in [-0.15, -0.1) is 6.61 Å². The largest absolute Gasteiger partial charge is 0.854 e. The molecule has 2 nitrogen and oxygen atoms in total. The van der Waals surface area contributed by atoms with Crippen LogP contribution in [0.25, 0.3) is 0 Å². The molecule has 0 saturated carbocycles. The Morgan fingerprint density at radius 2 is 2.20 bits per heavy atom. The molecule has 0 aromatic heterocycles. The lowest BCUT2D eigenvalue weighted by atomic mass is 10.5. The number of aliphatic hydroxyl groups excluding tert-OH is 1. The first-order valence-corrected chi connectivity index (χ1v) is 1.60. The zero-order valence-corrected chi connectivity index (χ0v) is 2.98. The molecule has 0 spiro atoms. The van der Waals surface area contributed by atoms with Crippen molar-refractivity contribution in [3.05, 3.63) is 0 Å². The van der Waals surface area contributed by atoms with Crippen molar-refractivity contribution in [3.63, 3.8) is 0 Å². The first-order chi connectivity index (χ1) is 2.41. The summed E-state index contributed by atoms with van der Waals surface area (Å²) in [6, 6.07) is 0. The fourth-order valence-corrected chi connectivity index (χ4v) is 0.0645. The summed E-state index contributed by atoms with van der Waals surface area (Å²) in [6.07, 6.45) is 0.389. The molecule has 32 valence electrons. The molecule has 0 aromatic carbocycles. The maximum atomic E-state index is 9.37. The van der Waals surface area contributed by atoms with E-state index in [-0.39, 0.29) is 13.2 Å². The summed E-state index contributed by atoms with van der Waals surface area (Å²) in [7, 11) is 0. The van der Waals surface area contributed by atoms with E-state index in [0.29, 0.717) is 6.42 Å². The van der Waals surface area contributed by atoms with E-state index in [2.05, 4.69) is 0 Å². The minimum atomic E-state index is -0.156. The second-order valence-electron chi connectivity index (χ2n) is 0.781. The van der Waals surface area contributed by atoms with Gasteiger partial charge >= 0.3 is 0 Å². The molecule has 2 heteroatoms. The quantitative estimate of drug-likeness (QED) is 0.444. The zero-order valence-electron chi connectivity index (χ0n) is 2.98. The molecule has 0 aromatic rings. The maximum Gasteiger partial charge on any atom is 0.0418 e. The van der Waals surface area contributed by atoms with Crippen molar-refractivity contribution < 1.29 is 10.2 Å². The molecule has 0 unspecified atom stereocenters. The van der Waals surface area contributed by atoms with Gasteiger partial charge in [0.05, 0.1) is 0 Å². The van der Waals surface area contributed by atoms with Gasteiger partial charge in [-0.05, 0) is 6.42 Å². The van der Waals surface area contributed by atoms with Crippen LogP contribution in [0.2, 0.25) is 0 Å². The Hall–Kier alpha value is -0.0800. The van der Waals surface area contributed by atoms with Crippen LogP contribution >= 0.6 is 0 Å². The van der Waals surface area contributed by atoms with E-state index in [1.807, 2.05) is 0 Å². The summed E-state index contributed by atoms with van der Waals surface area (Å²) >= 11 is 0. The molecule has 0 aliphatic carbocycles. The van der Waals surface area contributed by atoms with Gasteiger partial charge in [0.1, 0.15) is 0 Å². The van der Waals surface area contributed by atoms with Crippen LogP contribution in [0.5, 0.6) is 0 Å². The van der Waals surface area contributed by atoms with E-state index < -0.39 is 0 Å². The Morgan fingerprint density at radius 3 is 2.20 bits per heavy atom. The highest BCUT2D eigenvalue weighted by molar-refractivity contribution is 4.20. The number of aliphatic hydroxyl groups is 1. The van der Waals surface area contributed by atoms with Crippen molar-refractivity contribution in [2.75, 3.05) is 13.2 Å². The van der Waals surface area contributed by atoms with E-state index >= 15 is 0 Å². The third kappa shape index (κ3) is 3.92. The van der Waals surface area contributed by atoms with Crippen molar-refractivity contribution >= 4 is 0 Å². The molecule has 0 aliphatic rings. The van der Waals surface area contributed by atoms with Crippen LogP contribution in [0.1, 0.15) is 6.42 Å². The van der Waals surface area contributed by atoms with E-state index in [4.69, 9.17) is 5.11 Å². The lowest BCUT2D eigenvalue weighted by Crippen LogP contribution is -2.06. The average Bonchev–Trinajstić information content (AvgIpc) is 1.41. The normalized spacial score (nSPS) is 8.40. The summed E-state index contributed by atoms with van der Waals surface area (Å²) in [5.74, 6) is 0. The fourth-order valence-electron chi connectivity index (χ4n) is 0.0645. The minimum Gasteiger partial charge on any atom is -0.854 e. The smallest absolute Gasteiger partial charge is 0.0418 e. The first-order valence-electron chi connectivity index (χ1n) is 1.60. The molecule has 0 bridgehead atoms. The van der Waals surface area contributed by atoms with Gasteiger partial charge in [0.25, 0.3) is 0 Å². The molecule has 1 N–H and O–H groups in total. The lowest BCUT2D eigenvalue weighted by molar-refractivity contribution is -0.369. The summed E-state index contributed by atoms with van der Waals surface area (Å²) in [5.41, 5.74) is 0. The Labute approximate surface area is 31.1 Å². The Bertz CT molecular complexity index is 12.4. The summed E-state index contributed by atoms with van der Waals surface area (Å²) < 4.78 is 0. The van der Waals surface area contributed by atoms with Gasteiger partial charge in [0, 0.05) is 6.61 Å². The van der Waals surface area contributed by atoms with Gasteiger partial charge < -0.3 is 10.2 Å².